The minimum absolute atomic E-state index is 0.339. The van der Waals surface area contributed by atoms with Gasteiger partial charge in [0.25, 0.3) is 0 Å². The molecule has 0 atom stereocenters. The van der Waals surface area contributed by atoms with E-state index in [0.717, 1.165) is 27.3 Å². The number of halogens is 1. The van der Waals surface area contributed by atoms with Crippen LogP contribution in [-0.4, -0.2) is 27.5 Å². The Morgan fingerprint density at radius 2 is 2.07 bits per heavy atom. The predicted octanol–water partition coefficient (Wildman–Crippen LogP) is 4.89. The van der Waals surface area contributed by atoms with Gasteiger partial charge in [-0.15, -0.1) is 22.7 Å². The molecule has 3 N–H and O–H groups in total. The molecule has 0 unspecified atom stereocenters. The number of benzene rings is 1. The highest BCUT2D eigenvalue weighted by atomic mass is 32.1. The molecular formula is C19H17FN6OS2. The smallest absolute Gasteiger partial charge is 0.325 e. The Labute approximate surface area is 174 Å². The molecule has 0 saturated carbocycles. The van der Waals surface area contributed by atoms with E-state index in [1.807, 2.05) is 11.4 Å². The standard InChI is InChI=1S/C19H17FN6OS2/c1-11-8-12(20)2-3-14(11)25-18(27)26-19-22-9-13(29-19)4-6-21-17-16-15(5-7-28-16)23-10-24-17/h2-3,5,7-10H,4,6H2,1H3,(H,21,23,24)(H2,22,25,26,27). The average Bonchev–Trinajstić information content (AvgIpc) is 3.34. The van der Waals surface area contributed by atoms with Crippen LogP contribution >= 0.6 is 22.7 Å². The monoisotopic (exact) mass is 428 g/mol. The van der Waals surface area contributed by atoms with Gasteiger partial charge in [0, 0.05) is 29.7 Å². The molecule has 148 valence electrons. The summed E-state index contributed by atoms with van der Waals surface area (Å²) in [5, 5.41) is 11.2. The number of rotatable bonds is 6. The Bertz CT molecular complexity index is 1160. The van der Waals surface area contributed by atoms with E-state index < -0.39 is 6.03 Å². The zero-order chi connectivity index (χ0) is 20.2. The van der Waals surface area contributed by atoms with E-state index in [-0.39, 0.29) is 5.82 Å². The van der Waals surface area contributed by atoms with Crippen LogP contribution in [0.15, 0.2) is 42.2 Å². The molecule has 0 aliphatic carbocycles. The summed E-state index contributed by atoms with van der Waals surface area (Å²) in [6.45, 7) is 2.42. The Kier molecular flexibility index (Phi) is 5.63. The first-order chi connectivity index (χ1) is 14.1. The summed E-state index contributed by atoms with van der Waals surface area (Å²) in [5.41, 5.74) is 2.13. The maximum atomic E-state index is 13.2. The number of nitrogens with one attached hydrogen (secondary N) is 3. The highest BCUT2D eigenvalue weighted by Gasteiger charge is 2.09. The first kappa shape index (κ1) is 19.2. The van der Waals surface area contributed by atoms with Crippen molar-refractivity contribution in [1.82, 2.24) is 15.0 Å². The quantitative estimate of drug-likeness (QED) is 0.407. The molecule has 0 aliphatic heterocycles. The van der Waals surface area contributed by atoms with E-state index in [2.05, 4.69) is 30.9 Å². The molecule has 3 aromatic heterocycles. The topological polar surface area (TPSA) is 91.8 Å². The molecule has 4 aromatic rings. The Morgan fingerprint density at radius 1 is 1.17 bits per heavy atom. The molecule has 0 aliphatic rings. The molecule has 0 fully saturated rings. The van der Waals surface area contributed by atoms with Crippen LogP contribution in [0.3, 0.4) is 0 Å². The zero-order valence-corrected chi connectivity index (χ0v) is 17.0. The van der Waals surface area contributed by atoms with Crippen LogP contribution in [0.1, 0.15) is 10.4 Å². The number of carbonyl (C=O) groups excluding carboxylic acids is 1. The third kappa shape index (κ3) is 4.66. The summed E-state index contributed by atoms with van der Waals surface area (Å²) in [4.78, 5) is 25.9. The first-order valence-corrected chi connectivity index (χ1v) is 10.5. The molecule has 3 heterocycles. The van der Waals surface area contributed by atoms with Gasteiger partial charge in [0.05, 0.1) is 10.2 Å². The van der Waals surface area contributed by atoms with Gasteiger partial charge >= 0.3 is 6.03 Å². The minimum Gasteiger partial charge on any atom is -0.368 e. The van der Waals surface area contributed by atoms with Gasteiger partial charge in [-0.1, -0.05) is 0 Å². The van der Waals surface area contributed by atoms with E-state index in [1.54, 1.807) is 30.8 Å². The number of hydrogen-bond donors (Lipinski definition) is 3. The maximum absolute atomic E-state index is 13.2. The van der Waals surface area contributed by atoms with Crippen molar-refractivity contribution >= 4 is 55.6 Å². The number of carbonyl (C=O) groups is 1. The van der Waals surface area contributed by atoms with Gasteiger partial charge in [-0.05, 0) is 42.1 Å². The van der Waals surface area contributed by atoms with Crippen LogP contribution in [0, 0.1) is 12.7 Å². The van der Waals surface area contributed by atoms with Gasteiger partial charge in [-0.3, -0.25) is 5.32 Å². The number of aryl methyl sites for hydroxylation is 1. The molecular weight excluding hydrogens is 411 g/mol. The van der Waals surface area contributed by atoms with Crippen molar-refractivity contribution in [3.05, 3.63) is 58.4 Å². The lowest BCUT2D eigenvalue weighted by Gasteiger charge is -2.08. The Hall–Kier alpha value is -3.11. The molecule has 0 saturated heterocycles. The molecule has 0 radical (unpaired) electrons. The molecule has 2 amide bonds. The second kappa shape index (κ2) is 8.50. The lowest BCUT2D eigenvalue weighted by atomic mass is 10.2. The minimum atomic E-state index is -0.417. The van der Waals surface area contributed by atoms with E-state index in [4.69, 9.17) is 0 Å². The predicted molar refractivity (Wildman–Crippen MR) is 116 cm³/mol. The number of amides is 2. The third-order valence-corrected chi connectivity index (χ3v) is 6.00. The normalized spacial score (nSPS) is 10.8. The van der Waals surface area contributed by atoms with Crippen LogP contribution in [0.25, 0.3) is 10.2 Å². The highest BCUT2D eigenvalue weighted by Crippen LogP contribution is 2.25. The van der Waals surface area contributed by atoms with Crippen LogP contribution < -0.4 is 16.0 Å². The fourth-order valence-electron chi connectivity index (χ4n) is 2.72. The second-order valence-corrected chi connectivity index (χ2v) is 8.24. The van der Waals surface area contributed by atoms with Crippen LogP contribution in [0.2, 0.25) is 0 Å². The lowest BCUT2D eigenvalue weighted by Crippen LogP contribution is -2.19. The fraction of sp³-hybridized carbons (Fsp3) is 0.158. The van der Waals surface area contributed by atoms with Gasteiger partial charge in [-0.2, -0.15) is 0 Å². The number of thiazole rings is 1. The van der Waals surface area contributed by atoms with Crippen molar-refractivity contribution in [2.45, 2.75) is 13.3 Å². The number of fused-ring (bicyclic) bond motifs is 1. The fourth-order valence-corrected chi connectivity index (χ4v) is 4.34. The number of thiophene rings is 1. The third-order valence-electron chi connectivity index (χ3n) is 4.12. The molecule has 7 nitrogen and oxygen atoms in total. The van der Waals surface area contributed by atoms with Crippen LogP contribution in [0.4, 0.5) is 25.8 Å². The van der Waals surface area contributed by atoms with Crippen molar-refractivity contribution in [2.75, 3.05) is 22.5 Å². The van der Waals surface area contributed by atoms with Gasteiger partial charge < -0.3 is 10.6 Å². The van der Waals surface area contributed by atoms with Crippen molar-refractivity contribution < 1.29 is 9.18 Å². The Balaban J connectivity index is 1.30. The molecule has 1 aromatic carbocycles. The van der Waals surface area contributed by atoms with E-state index >= 15 is 0 Å². The first-order valence-electron chi connectivity index (χ1n) is 8.79. The van der Waals surface area contributed by atoms with E-state index in [9.17, 15) is 9.18 Å². The van der Waals surface area contributed by atoms with Crippen LogP contribution in [0.5, 0.6) is 0 Å². The molecule has 0 spiro atoms. The number of anilines is 3. The second-order valence-electron chi connectivity index (χ2n) is 6.20. The number of urea groups is 1. The SMILES string of the molecule is Cc1cc(F)ccc1NC(=O)Nc1ncc(CCNc2ncnc3ccsc23)s1. The summed E-state index contributed by atoms with van der Waals surface area (Å²) in [5.74, 6) is 0.482. The van der Waals surface area contributed by atoms with Crippen molar-refractivity contribution in [2.24, 2.45) is 0 Å². The average molecular weight is 429 g/mol. The largest absolute Gasteiger partial charge is 0.368 e. The molecule has 0 bridgehead atoms. The van der Waals surface area contributed by atoms with Gasteiger partial charge in [0.15, 0.2) is 5.13 Å². The van der Waals surface area contributed by atoms with Crippen molar-refractivity contribution in [1.29, 1.82) is 0 Å². The summed E-state index contributed by atoms with van der Waals surface area (Å²) in [6, 6.07) is 5.75. The van der Waals surface area contributed by atoms with Gasteiger partial charge in [0.1, 0.15) is 18.0 Å². The van der Waals surface area contributed by atoms with E-state index in [1.165, 1.54) is 29.5 Å². The number of nitrogens with zero attached hydrogens (tertiary/aromatic N) is 3. The maximum Gasteiger partial charge on any atom is 0.325 e. The van der Waals surface area contributed by atoms with Gasteiger partial charge in [0.2, 0.25) is 0 Å². The molecule has 29 heavy (non-hydrogen) atoms. The van der Waals surface area contributed by atoms with Crippen molar-refractivity contribution in [3.63, 3.8) is 0 Å². The lowest BCUT2D eigenvalue weighted by molar-refractivity contribution is 0.262. The Morgan fingerprint density at radius 3 is 2.93 bits per heavy atom. The highest BCUT2D eigenvalue weighted by molar-refractivity contribution is 7.17. The summed E-state index contributed by atoms with van der Waals surface area (Å²) in [7, 11) is 0. The number of aromatic nitrogens is 3. The van der Waals surface area contributed by atoms with Gasteiger partial charge in [-0.25, -0.2) is 24.1 Å². The summed E-state index contributed by atoms with van der Waals surface area (Å²) >= 11 is 3.01. The number of hydrogen-bond acceptors (Lipinski definition) is 7. The molecule has 10 heteroatoms. The summed E-state index contributed by atoms with van der Waals surface area (Å²) < 4.78 is 14.2. The molecule has 4 rings (SSSR count). The van der Waals surface area contributed by atoms with Crippen LogP contribution in [-0.2, 0) is 6.42 Å². The van der Waals surface area contributed by atoms with Crippen molar-refractivity contribution in [3.8, 4) is 0 Å². The van der Waals surface area contributed by atoms with E-state index in [0.29, 0.717) is 22.9 Å². The zero-order valence-electron chi connectivity index (χ0n) is 15.4. The summed E-state index contributed by atoms with van der Waals surface area (Å²) in [6.07, 6.45) is 4.04.